The molecule has 1 aliphatic rings. The maximum Gasteiger partial charge on any atom is 0.242 e. The number of halogens is 1. The Hall–Kier alpha value is -2.40. The van der Waals surface area contributed by atoms with Crippen molar-refractivity contribution in [1.29, 1.82) is 0 Å². The van der Waals surface area contributed by atoms with Crippen molar-refractivity contribution in [3.63, 3.8) is 0 Å². The first-order chi connectivity index (χ1) is 13.0. The molecular weight excluding hydrogens is 364 g/mol. The molecule has 144 valence electrons. The van der Waals surface area contributed by atoms with Crippen LogP contribution >= 0.6 is 11.6 Å². The molecule has 0 fully saturated rings. The van der Waals surface area contributed by atoms with Gasteiger partial charge in [-0.05, 0) is 43.4 Å². The molecule has 2 atom stereocenters. The lowest BCUT2D eigenvalue weighted by Gasteiger charge is -2.28. The summed E-state index contributed by atoms with van der Waals surface area (Å²) in [5.74, 6) is 1.03. The Labute approximate surface area is 165 Å². The highest BCUT2D eigenvalue weighted by molar-refractivity contribution is 6.32. The van der Waals surface area contributed by atoms with Crippen molar-refractivity contribution in [2.75, 3.05) is 19.5 Å². The van der Waals surface area contributed by atoms with E-state index in [0.29, 0.717) is 22.2 Å². The predicted octanol–water partition coefficient (Wildman–Crippen LogP) is 4.35. The van der Waals surface area contributed by atoms with Crippen LogP contribution in [0.15, 0.2) is 36.4 Å². The van der Waals surface area contributed by atoms with Crippen LogP contribution in [0, 0.1) is 0 Å². The van der Waals surface area contributed by atoms with Gasteiger partial charge in [-0.15, -0.1) is 0 Å². The lowest BCUT2D eigenvalue weighted by Crippen LogP contribution is -2.40. The third-order valence-corrected chi connectivity index (χ3v) is 5.22. The molecule has 0 heterocycles. The summed E-state index contributed by atoms with van der Waals surface area (Å²) in [5.41, 5.74) is 3.18. The van der Waals surface area contributed by atoms with E-state index in [0.717, 1.165) is 19.3 Å². The molecule has 0 spiro atoms. The number of fused-ring (bicyclic) bond motifs is 1. The SMILES string of the molecule is COc1cc(OC)c(N[C@@H](C)C(=O)N[C@@H]2CCCc3ccccc32)cc1Cl. The molecule has 5 nitrogen and oxygen atoms in total. The van der Waals surface area contributed by atoms with Crippen LogP contribution in [0.25, 0.3) is 0 Å². The van der Waals surface area contributed by atoms with Crippen LogP contribution < -0.4 is 20.1 Å². The fourth-order valence-corrected chi connectivity index (χ4v) is 3.71. The van der Waals surface area contributed by atoms with Gasteiger partial charge in [0.1, 0.15) is 17.5 Å². The normalized spacial score (nSPS) is 16.8. The summed E-state index contributed by atoms with van der Waals surface area (Å²) in [4.78, 5) is 12.8. The molecule has 0 aromatic heterocycles. The molecule has 0 saturated heterocycles. The average Bonchev–Trinajstić information content (AvgIpc) is 2.68. The highest BCUT2D eigenvalue weighted by atomic mass is 35.5. The van der Waals surface area contributed by atoms with Crippen LogP contribution in [-0.2, 0) is 11.2 Å². The number of hydrogen-bond acceptors (Lipinski definition) is 4. The second kappa shape index (κ2) is 8.53. The summed E-state index contributed by atoms with van der Waals surface area (Å²) in [6.45, 7) is 1.82. The predicted molar refractivity (Wildman–Crippen MR) is 108 cm³/mol. The lowest BCUT2D eigenvalue weighted by molar-refractivity contribution is -0.122. The number of anilines is 1. The Kier molecular flexibility index (Phi) is 6.11. The molecule has 0 saturated carbocycles. The molecule has 6 heteroatoms. The smallest absolute Gasteiger partial charge is 0.242 e. The van der Waals surface area contributed by atoms with E-state index >= 15 is 0 Å². The molecule has 2 N–H and O–H groups in total. The van der Waals surface area contributed by atoms with E-state index in [9.17, 15) is 4.79 Å². The van der Waals surface area contributed by atoms with E-state index in [-0.39, 0.29) is 11.9 Å². The van der Waals surface area contributed by atoms with Crippen LogP contribution in [0.1, 0.15) is 36.9 Å². The van der Waals surface area contributed by atoms with Gasteiger partial charge in [0.25, 0.3) is 0 Å². The van der Waals surface area contributed by atoms with Crippen molar-refractivity contribution < 1.29 is 14.3 Å². The van der Waals surface area contributed by atoms with E-state index in [1.165, 1.54) is 11.1 Å². The van der Waals surface area contributed by atoms with Gasteiger partial charge in [-0.3, -0.25) is 4.79 Å². The van der Waals surface area contributed by atoms with Crippen molar-refractivity contribution in [3.05, 3.63) is 52.5 Å². The highest BCUT2D eigenvalue weighted by Gasteiger charge is 2.24. The third-order valence-electron chi connectivity index (χ3n) is 4.93. The monoisotopic (exact) mass is 388 g/mol. The van der Waals surface area contributed by atoms with Crippen molar-refractivity contribution >= 4 is 23.2 Å². The van der Waals surface area contributed by atoms with E-state index in [4.69, 9.17) is 21.1 Å². The maximum absolute atomic E-state index is 12.8. The first-order valence-corrected chi connectivity index (χ1v) is 9.47. The number of nitrogens with one attached hydrogen (secondary N) is 2. The number of benzene rings is 2. The summed E-state index contributed by atoms with van der Waals surface area (Å²) in [6, 6.07) is 11.3. The zero-order chi connectivity index (χ0) is 19.4. The summed E-state index contributed by atoms with van der Waals surface area (Å²) >= 11 is 6.21. The number of methoxy groups -OCH3 is 2. The van der Waals surface area contributed by atoms with Crippen LogP contribution in [0.2, 0.25) is 5.02 Å². The van der Waals surface area contributed by atoms with Crippen LogP contribution in [0.5, 0.6) is 11.5 Å². The number of hydrogen-bond donors (Lipinski definition) is 2. The summed E-state index contributed by atoms with van der Waals surface area (Å²) in [6.07, 6.45) is 3.09. The van der Waals surface area contributed by atoms with Gasteiger partial charge in [0.05, 0.1) is 31.0 Å². The quantitative estimate of drug-likeness (QED) is 0.772. The molecule has 0 bridgehead atoms. The molecule has 3 rings (SSSR count). The number of carbonyl (C=O) groups excluding carboxylic acids is 1. The summed E-state index contributed by atoms with van der Waals surface area (Å²) < 4.78 is 10.6. The minimum absolute atomic E-state index is 0.0491. The maximum atomic E-state index is 12.8. The number of aryl methyl sites for hydroxylation is 1. The molecule has 0 unspecified atom stereocenters. The zero-order valence-corrected chi connectivity index (χ0v) is 16.6. The van der Waals surface area contributed by atoms with Crippen LogP contribution in [-0.4, -0.2) is 26.2 Å². The second-order valence-electron chi connectivity index (χ2n) is 6.71. The molecular formula is C21H25ClN2O3. The largest absolute Gasteiger partial charge is 0.495 e. The van der Waals surface area contributed by atoms with E-state index in [2.05, 4.69) is 22.8 Å². The van der Waals surface area contributed by atoms with Gasteiger partial charge >= 0.3 is 0 Å². The Bertz CT molecular complexity index is 825. The molecule has 2 aromatic carbocycles. The molecule has 0 radical (unpaired) electrons. The molecule has 0 aliphatic heterocycles. The first-order valence-electron chi connectivity index (χ1n) is 9.09. The fourth-order valence-electron chi connectivity index (χ4n) is 3.47. The second-order valence-corrected chi connectivity index (χ2v) is 7.11. The van der Waals surface area contributed by atoms with E-state index in [1.807, 2.05) is 19.1 Å². The molecule has 27 heavy (non-hydrogen) atoms. The lowest BCUT2D eigenvalue weighted by atomic mass is 9.87. The minimum atomic E-state index is -0.447. The third kappa shape index (κ3) is 4.30. The van der Waals surface area contributed by atoms with E-state index < -0.39 is 6.04 Å². The van der Waals surface area contributed by atoms with Crippen molar-refractivity contribution in [3.8, 4) is 11.5 Å². The van der Waals surface area contributed by atoms with Crippen LogP contribution in [0.4, 0.5) is 5.69 Å². The Morgan fingerprint density at radius 2 is 1.93 bits per heavy atom. The summed E-state index contributed by atoms with van der Waals surface area (Å²) in [5, 5.41) is 6.81. The topological polar surface area (TPSA) is 59.6 Å². The molecule has 1 amide bonds. The number of ether oxygens (including phenoxy) is 2. The Morgan fingerprint density at radius 1 is 1.19 bits per heavy atom. The average molecular weight is 389 g/mol. The molecule has 2 aromatic rings. The van der Waals surface area contributed by atoms with Crippen molar-refractivity contribution in [2.24, 2.45) is 0 Å². The fraction of sp³-hybridized carbons (Fsp3) is 0.381. The van der Waals surface area contributed by atoms with Gasteiger partial charge in [-0.2, -0.15) is 0 Å². The van der Waals surface area contributed by atoms with Gasteiger partial charge in [0.2, 0.25) is 5.91 Å². The number of carbonyl (C=O) groups is 1. The van der Waals surface area contributed by atoms with E-state index in [1.54, 1.807) is 26.4 Å². The standard InChI is InChI=1S/C21H25ClN2O3/c1-13(23-18-11-16(22)19(26-2)12-20(18)27-3)21(25)24-17-10-6-8-14-7-4-5-9-15(14)17/h4-5,7,9,11-13,17,23H,6,8,10H2,1-3H3,(H,24,25)/t13-,17+/m0/s1. The minimum Gasteiger partial charge on any atom is -0.495 e. The van der Waals surface area contributed by atoms with Crippen molar-refractivity contribution in [1.82, 2.24) is 5.32 Å². The Balaban J connectivity index is 1.71. The number of rotatable bonds is 6. The van der Waals surface area contributed by atoms with Gasteiger partial charge in [0.15, 0.2) is 0 Å². The van der Waals surface area contributed by atoms with Gasteiger partial charge in [0, 0.05) is 6.07 Å². The highest BCUT2D eigenvalue weighted by Crippen LogP contribution is 2.36. The van der Waals surface area contributed by atoms with Gasteiger partial charge in [-0.25, -0.2) is 0 Å². The van der Waals surface area contributed by atoms with Crippen LogP contribution in [0.3, 0.4) is 0 Å². The van der Waals surface area contributed by atoms with Crippen molar-refractivity contribution in [2.45, 2.75) is 38.3 Å². The Morgan fingerprint density at radius 3 is 2.67 bits per heavy atom. The first kappa shape index (κ1) is 19.4. The zero-order valence-electron chi connectivity index (χ0n) is 15.8. The van der Waals surface area contributed by atoms with Gasteiger partial charge in [-0.1, -0.05) is 35.9 Å². The number of amides is 1. The van der Waals surface area contributed by atoms with Gasteiger partial charge < -0.3 is 20.1 Å². The summed E-state index contributed by atoms with van der Waals surface area (Å²) in [7, 11) is 3.11. The molecule has 1 aliphatic carbocycles.